The third-order valence-electron chi connectivity index (χ3n) is 3.27. The molecule has 0 fully saturated rings. The van der Waals surface area contributed by atoms with Crippen LogP contribution in [0.15, 0.2) is 11.4 Å². The van der Waals surface area contributed by atoms with Crippen LogP contribution in [0.5, 0.6) is 0 Å². The molecule has 0 aliphatic rings. The Kier molecular flexibility index (Phi) is 5.23. The van der Waals surface area contributed by atoms with E-state index in [4.69, 9.17) is 11.0 Å². The molecule has 9 nitrogen and oxygen atoms in total. The zero-order valence-corrected chi connectivity index (χ0v) is 14.0. The summed E-state index contributed by atoms with van der Waals surface area (Å²) in [6, 6.07) is 1.43. The van der Waals surface area contributed by atoms with Gasteiger partial charge in [0, 0.05) is 7.05 Å². The van der Waals surface area contributed by atoms with Crippen LogP contribution in [0.4, 0.5) is 11.8 Å². The third-order valence-corrected chi connectivity index (χ3v) is 4.09. The van der Waals surface area contributed by atoms with Crippen molar-refractivity contribution in [1.29, 1.82) is 5.26 Å². The summed E-state index contributed by atoms with van der Waals surface area (Å²) in [6.07, 6.45) is 1.91. The molecule has 1 amide bonds. The van der Waals surface area contributed by atoms with Gasteiger partial charge in [-0.05, 0) is 12.2 Å². The molecule has 1 unspecified atom stereocenters. The number of carbonyl (C=O) groups is 1. The fraction of sp³-hybridized carbons (Fsp3) is 0.462. The number of amides is 1. The predicted octanol–water partition coefficient (Wildman–Crippen LogP) is 1.17. The molecule has 1 atom stereocenters. The lowest BCUT2D eigenvalue weighted by atomic mass is 10.2. The molecule has 0 bridgehead atoms. The molecule has 23 heavy (non-hydrogen) atoms. The number of nitrogen functional groups attached to an aromatic ring is 1. The smallest absolute Gasteiger partial charge is 0.248 e. The number of thioether (sulfide) groups is 1. The highest BCUT2D eigenvalue weighted by Crippen LogP contribution is 2.26. The molecule has 2 heterocycles. The Morgan fingerprint density at radius 2 is 2.26 bits per heavy atom. The van der Waals surface area contributed by atoms with Crippen LogP contribution in [0.3, 0.4) is 0 Å². The Hall–Kier alpha value is -2.54. The SMILES string of the molecule is CCSc1nnc(N)n1C(CC)C(=O)Nc1c(C#N)cnn1C. The molecule has 122 valence electrons. The van der Waals surface area contributed by atoms with E-state index in [1.165, 1.54) is 22.6 Å². The molecule has 10 heteroatoms. The first-order valence-electron chi connectivity index (χ1n) is 7.09. The zero-order chi connectivity index (χ0) is 17.0. The second-order valence-electron chi connectivity index (χ2n) is 4.70. The van der Waals surface area contributed by atoms with Gasteiger partial charge in [0.2, 0.25) is 11.9 Å². The van der Waals surface area contributed by atoms with Gasteiger partial charge in [-0.1, -0.05) is 25.6 Å². The van der Waals surface area contributed by atoms with Crippen LogP contribution >= 0.6 is 11.8 Å². The molecule has 2 aromatic heterocycles. The van der Waals surface area contributed by atoms with Crippen LogP contribution < -0.4 is 11.1 Å². The molecule has 0 aliphatic heterocycles. The highest BCUT2D eigenvalue weighted by Gasteiger charge is 2.26. The van der Waals surface area contributed by atoms with Crippen molar-refractivity contribution in [2.75, 3.05) is 16.8 Å². The minimum Gasteiger partial charge on any atom is -0.368 e. The number of anilines is 2. The van der Waals surface area contributed by atoms with Gasteiger partial charge in [-0.15, -0.1) is 10.2 Å². The zero-order valence-electron chi connectivity index (χ0n) is 13.1. The van der Waals surface area contributed by atoms with Gasteiger partial charge < -0.3 is 11.1 Å². The summed E-state index contributed by atoms with van der Waals surface area (Å²) in [5.41, 5.74) is 6.17. The standard InChI is InChI=1S/C13H18N8OS/c1-4-9(21-12(15)18-19-13(21)23-5-2)11(22)17-10-8(6-14)7-16-20(10)3/h7,9H,4-5H2,1-3H3,(H2,15,18)(H,17,22). The van der Waals surface area contributed by atoms with Gasteiger partial charge in [0.1, 0.15) is 23.5 Å². The largest absolute Gasteiger partial charge is 0.368 e. The quantitative estimate of drug-likeness (QED) is 0.759. The van der Waals surface area contributed by atoms with Crippen molar-refractivity contribution in [3.8, 4) is 6.07 Å². The van der Waals surface area contributed by atoms with Crippen LogP contribution in [0, 0.1) is 11.3 Å². The first kappa shape index (κ1) is 16.8. The predicted molar refractivity (Wildman–Crippen MR) is 86.7 cm³/mol. The van der Waals surface area contributed by atoms with Crippen molar-refractivity contribution in [2.24, 2.45) is 7.05 Å². The van der Waals surface area contributed by atoms with Crippen molar-refractivity contribution in [3.05, 3.63) is 11.8 Å². The lowest BCUT2D eigenvalue weighted by Crippen LogP contribution is -2.28. The fourth-order valence-electron chi connectivity index (χ4n) is 2.16. The summed E-state index contributed by atoms with van der Waals surface area (Å²) in [4.78, 5) is 12.7. The Labute approximate surface area is 137 Å². The summed E-state index contributed by atoms with van der Waals surface area (Å²) in [5, 5.41) is 24.3. The summed E-state index contributed by atoms with van der Waals surface area (Å²) in [5.74, 6) is 1.04. The van der Waals surface area contributed by atoms with E-state index in [0.717, 1.165) is 5.75 Å². The Morgan fingerprint density at radius 3 is 2.87 bits per heavy atom. The molecule has 0 spiro atoms. The highest BCUT2D eigenvalue weighted by molar-refractivity contribution is 7.99. The van der Waals surface area contributed by atoms with Crippen LogP contribution in [0.2, 0.25) is 0 Å². The monoisotopic (exact) mass is 334 g/mol. The molecular weight excluding hydrogens is 316 g/mol. The first-order chi connectivity index (χ1) is 11.0. The lowest BCUT2D eigenvalue weighted by molar-refractivity contribution is -0.119. The molecule has 2 aromatic rings. The van der Waals surface area contributed by atoms with Crippen molar-refractivity contribution in [2.45, 2.75) is 31.5 Å². The summed E-state index contributed by atoms with van der Waals surface area (Å²) in [7, 11) is 1.66. The third kappa shape index (κ3) is 3.29. The Bertz CT molecular complexity index is 744. The van der Waals surface area contributed by atoms with Crippen molar-refractivity contribution in [3.63, 3.8) is 0 Å². The van der Waals surface area contributed by atoms with Crippen molar-refractivity contribution in [1.82, 2.24) is 24.5 Å². The summed E-state index contributed by atoms with van der Waals surface area (Å²) in [6.45, 7) is 3.86. The first-order valence-corrected chi connectivity index (χ1v) is 8.08. The molecule has 0 saturated carbocycles. The van der Waals surface area contributed by atoms with E-state index in [2.05, 4.69) is 20.6 Å². The average Bonchev–Trinajstić information content (AvgIpc) is 3.06. The Morgan fingerprint density at radius 1 is 1.52 bits per heavy atom. The number of hydrogen-bond acceptors (Lipinski definition) is 7. The molecule has 0 aromatic carbocycles. The number of nitrogens with one attached hydrogen (secondary N) is 1. The van der Waals surface area contributed by atoms with Gasteiger partial charge in [0.05, 0.1) is 6.20 Å². The second-order valence-corrected chi connectivity index (χ2v) is 5.93. The molecule has 0 saturated heterocycles. The number of nitrogens with zero attached hydrogens (tertiary/aromatic N) is 6. The minimum atomic E-state index is -0.569. The van der Waals surface area contributed by atoms with Gasteiger partial charge in [0.25, 0.3) is 0 Å². The van der Waals surface area contributed by atoms with Gasteiger partial charge in [0.15, 0.2) is 5.16 Å². The van der Waals surface area contributed by atoms with Crippen molar-refractivity contribution >= 4 is 29.4 Å². The number of nitrogens with two attached hydrogens (primary N) is 1. The minimum absolute atomic E-state index is 0.188. The molecular formula is C13H18N8OS. The molecule has 2 rings (SSSR count). The fourth-order valence-corrected chi connectivity index (χ4v) is 2.88. The van der Waals surface area contributed by atoms with E-state index in [-0.39, 0.29) is 11.9 Å². The van der Waals surface area contributed by atoms with Gasteiger partial charge in [-0.3, -0.25) is 14.0 Å². The number of hydrogen-bond donors (Lipinski definition) is 2. The van der Waals surface area contributed by atoms with E-state index in [1.807, 2.05) is 19.9 Å². The van der Waals surface area contributed by atoms with E-state index in [9.17, 15) is 4.79 Å². The van der Waals surface area contributed by atoms with Gasteiger partial charge in [-0.25, -0.2) is 0 Å². The van der Waals surface area contributed by atoms with E-state index < -0.39 is 6.04 Å². The van der Waals surface area contributed by atoms with Crippen LogP contribution in [-0.4, -0.2) is 36.2 Å². The molecule has 0 radical (unpaired) electrons. The van der Waals surface area contributed by atoms with Gasteiger partial charge in [-0.2, -0.15) is 10.4 Å². The highest BCUT2D eigenvalue weighted by atomic mass is 32.2. The maximum Gasteiger partial charge on any atom is 0.248 e. The van der Waals surface area contributed by atoms with Crippen molar-refractivity contribution < 1.29 is 4.79 Å². The molecule has 3 N–H and O–H groups in total. The second kappa shape index (κ2) is 7.15. The van der Waals surface area contributed by atoms with Crippen LogP contribution in [0.25, 0.3) is 0 Å². The number of carbonyl (C=O) groups excluding carboxylic acids is 1. The Balaban J connectivity index is 2.31. The van der Waals surface area contributed by atoms with E-state index >= 15 is 0 Å². The van der Waals surface area contributed by atoms with Crippen LogP contribution in [-0.2, 0) is 11.8 Å². The normalized spacial score (nSPS) is 11.9. The number of aromatic nitrogens is 5. The van der Waals surface area contributed by atoms with Gasteiger partial charge >= 0.3 is 0 Å². The summed E-state index contributed by atoms with van der Waals surface area (Å²) < 4.78 is 3.06. The molecule has 0 aliphatic carbocycles. The maximum atomic E-state index is 12.7. The average molecular weight is 334 g/mol. The maximum absolute atomic E-state index is 12.7. The number of rotatable bonds is 6. The topological polar surface area (TPSA) is 127 Å². The van der Waals surface area contributed by atoms with E-state index in [0.29, 0.717) is 23.0 Å². The number of nitriles is 1. The van der Waals surface area contributed by atoms with Crippen LogP contribution in [0.1, 0.15) is 31.9 Å². The lowest BCUT2D eigenvalue weighted by Gasteiger charge is -2.19. The summed E-state index contributed by atoms with van der Waals surface area (Å²) >= 11 is 1.46. The van der Waals surface area contributed by atoms with E-state index in [1.54, 1.807) is 11.6 Å². The number of aryl methyl sites for hydroxylation is 1.